The Morgan fingerprint density at radius 2 is 2.08 bits per heavy atom. The fourth-order valence-electron chi connectivity index (χ4n) is 0.587. The SMILES string of the molecule is CC(C)=CCNCC(F)(F)CO. The van der Waals surface area contributed by atoms with Gasteiger partial charge in [-0.25, -0.2) is 8.78 Å². The van der Waals surface area contributed by atoms with Gasteiger partial charge in [-0.15, -0.1) is 0 Å². The minimum Gasteiger partial charge on any atom is -0.390 e. The maximum absolute atomic E-state index is 12.3. The molecule has 0 heterocycles. The highest BCUT2D eigenvalue weighted by atomic mass is 19.3. The van der Waals surface area contributed by atoms with Crippen LogP contribution in [0.3, 0.4) is 0 Å². The molecular formula is C8H15F2NO. The Balaban J connectivity index is 3.50. The lowest BCUT2D eigenvalue weighted by Gasteiger charge is -2.12. The summed E-state index contributed by atoms with van der Waals surface area (Å²) in [7, 11) is 0. The first-order valence-corrected chi connectivity index (χ1v) is 3.81. The van der Waals surface area contributed by atoms with E-state index in [1.165, 1.54) is 0 Å². The van der Waals surface area contributed by atoms with Crippen molar-refractivity contribution in [3.8, 4) is 0 Å². The highest BCUT2D eigenvalue weighted by molar-refractivity contribution is 4.94. The number of hydrogen-bond acceptors (Lipinski definition) is 2. The Hall–Kier alpha value is -0.480. The molecule has 0 unspecified atom stereocenters. The van der Waals surface area contributed by atoms with E-state index in [-0.39, 0.29) is 0 Å². The lowest BCUT2D eigenvalue weighted by atomic mass is 10.3. The zero-order valence-electron chi connectivity index (χ0n) is 7.40. The van der Waals surface area contributed by atoms with Crippen LogP contribution in [0.5, 0.6) is 0 Å². The van der Waals surface area contributed by atoms with E-state index in [1.54, 1.807) is 0 Å². The van der Waals surface area contributed by atoms with E-state index < -0.39 is 19.1 Å². The van der Waals surface area contributed by atoms with Crippen molar-refractivity contribution < 1.29 is 13.9 Å². The second kappa shape index (κ2) is 5.22. The molecule has 0 aliphatic carbocycles. The average molecular weight is 179 g/mol. The first kappa shape index (κ1) is 11.5. The van der Waals surface area contributed by atoms with E-state index in [4.69, 9.17) is 5.11 Å². The third-order valence-corrected chi connectivity index (χ3v) is 1.27. The van der Waals surface area contributed by atoms with Gasteiger partial charge in [0, 0.05) is 6.54 Å². The maximum atomic E-state index is 12.3. The molecule has 0 rings (SSSR count). The summed E-state index contributed by atoms with van der Waals surface area (Å²) in [6.45, 7) is 2.62. The number of aliphatic hydroxyl groups excluding tert-OH is 1. The van der Waals surface area contributed by atoms with E-state index in [0.717, 1.165) is 5.57 Å². The third kappa shape index (κ3) is 6.24. The van der Waals surface area contributed by atoms with Crippen molar-refractivity contribution in [3.63, 3.8) is 0 Å². The van der Waals surface area contributed by atoms with E-state index >= 15 is 0 Å². The normalized spacial score (nSPS) is 11.4. The zero-order chi connectivity index (χ0) is 9.61. The first-order chi connectivity index (χ1) is 5.48. The summed E-state index contributed by atoms with van der Waals surface area (Å²) in [6.07, 6.45) is 1.81. The van der Waals surface area contributed by atoms with E-state index in [2.05, 4.69) is 5.32 Å². The maximum Gasteiger partial charge on any atom is 0.282 e. The molecule has 0 radical (unpaired) electrons. The summed E-state index contributed by atoms with van der Waals surface area (Å²) >= 11 is 0. The van der Waals surface area contributed by atoms with Crippen molar-refractivity contribution >= 4 is 0 Å². The summed E-state index contributed by atoms with van der Waals surface area (Å²) in [5.74, 6) is -3.00. The van der Waals surface area contributed by atoms with Crippen LogP contribution in [0.25, 0.3) is 0 Å². The van der Waals surface area contributed by atoms with Crippen LogP contribution in [0.1, 0.15) is 13.8 Å². The molecule has 0 aliphatic rings. The molecule has 0 saturated carbocycles. The van der Waals surface area contributed by atoms with Gasteiger partial charge in [0.25, 0.3) is 5.92 Å². The molecule has 0 saturated heterocycles. The van der Waals surface area contributed by atoms with Crippen LogP contribution in [0.15, 0.2) is 11.6 Å². The van der Waals surface area contributed by atoms with Gasteiger partial charge in [0.15, 0.2) is 0 Å². The Morgan fingerprint density at radius 1 is 1.50 bits per heavy atom. The molecule has 2 N–H and O–H groups in total. The van der Waals surface area contributed by atoms with Crippen LogP contribution in [-0.2, 0) is 0 Å². The van der Waals surface area contributed by atoms with Gasteiger partial charge in [0.1, 0.15) is 6.61 Å². The first-order valence-electron chi connectivity index (χ1n) is 3.81. The minimum absolute atomic E-state index is 0.415. The summed E-state index contributed by atoms with van der Waals surface area (Å²) in [5.41, 5.74) is 1.08. The molecule has 0 aromatic carbocycles. The third-order valence-electron chi connectivity index (χ3n) is 1.27. The number of aliphatic hydroxyl groups is 1. The van der Waals surface area contributed by atoms with Crippen molar-refractivity contribution in [2.75, 3.05) is 19.7 Å². The Kier molecular flexibility index (Phi) is 5.01. The Labute approximate surface area is 71.3 Å². The molecule has 0 aliphatic heterocycles. The van der Waals surface area contributed by atoms with Gasteiger partial charge in [-0.1, -0.05) is 11.6 Å². The average Bonchev–Trinajstić information content (AvgIpc) is 1.98. The van der Waals surface area contributed by atoms with Gasteiger partial charge in [-0.2, -0.15) is 0 Å². The standard InChI is InChI=1S/C8H15F2NO/c1-7(2)3-4-11-5-8(9,10)6-12/h3,11-12H,4-6H2,1-2H3. The van der Waals surface area contributed by atoms with Gasteiger partial charge in [-0.3, -0.25) is 0 Å². The van der Waals surface area contributed by atoms with Crippen LogP contribution >= 0.6 is 0 Å². The van der Waals surface area contributed by atoms with Crippen LogP contribution in [0, 0.1) is 0 Å². The van der Waals surface area contributed by atoms with Gasteiger partial charge < -0.3 is 10.4 Å². The van der Waals surface area contributed by atoms with Crippen molar-refractivity contribution in [1.29, 1.82) is 0 Å². The quantitative estimate of drug-likeness (QED) is 0.490. The predicted molar refractivity (Wildman–Crippen MR) is 44.3 cm³/mol. The summed E-state index contributed by atoms with van der Waals surface area (Å²) in [6, 6.07) is 0. The number of alkyl halides is 2. The summed E-state index contributed by atoms with van der Waals surface area (Å²) in [4.78, 5) is 0. The largest absolute Gasteiger partial charge is 0.390 e. The number of rotatable bonds is 5. The fourth-order valence-corrected chi connectivity index (χ4v) is 0.587. The van der Waals surface area contributed by atoms with Gasteiger partial charge in [-0.05, 0) is 13.8 Å². The molecule has 72 valence electrons. The lowest BCUT2D eigenvalue weighted by molar-refractivity contribution is -0.0469. The topological polar surface area (TPSA) is 32.3 Å². The smallest absolute Gasteiger partial charge is 0.282 e. The molecule has 0 bridgehead atoms. The van der Waals surface area contributed by atoms with Crippen molar-refractivity contribution in [1.82, 2.24) is 5.32 Å². The number of allylic oxidation sites excluding steroid dienone is 1. The molecule has 0 aromatic rings. The molecule has 0 atom stereocenters. The van der Waals surface area contributed by atoms with Crippen molar-refractivity contribution in [2.24, 2.45) is 0 Å². The minimum atomic E-state index is -3.00. The van der Waals surface area contributed by atoms with Crippen molar-refractivity contribution in [3.05, 3.63) is 11.6 Å². The molecule has 12 heavy (non-hydrogen) atoms. The number of nitrogens with one attached hydrogen (secondary N) is 1. The Bertz CT molecular complexity index is 153. The molecular weight excluding hydrogens is 164 g/mol. The predicted octanol–water partition coefficient (Wildman–Crippen LogP) is 1.17. The summed E-state index contributed by atoms with van der Waals surface area (Å²) < 4.78 is 24.7. The van der Waals surface area contributed by atoms with E-state index in [0.29, 0.717) is 6.54 Å². The second-order valence-corrected chi connectivity index (χ2v) is 2.93. The molecule has 0 spiro atoms. The number of hydrogen-bond donors (Lipinski definition) is 2. The highest BCUT2D eigenvalue weighted by Gasteiger charge is 2.26. The van der Waals surface area contributed by atoms with Crippen LogP contribution in [-0.4, -0.2) is 30.7 Å². The van der Waals surface area contributed by atoms with Crippen LogP contribution in [0.4, 0.5) is 8.78 Å². The fraction of sp³-hybridized carbons (Fsp3) is 0.750. The van der Waals surface area contributed by atoms with Crippen molar-refractivity contribution in [2.45, 2.75) is 19.8 Å². The molecule has 0 fully saturated rings. The number of halogens is 2. The molecule has 2 nitrogen and oxygen atoms in total. The van der Waals surface area contributed by atoms with Gasteiger partial charge in [0.2, 0.25) is 0 Å². The molecule has 4 heteroatoms. The van der Waals surface area contributed by atoms with Gasteiger partial charge in [0.05, 0.1) is 6.54 Å². The van der Waals surface area contributed by atoms with Crippen LogP contribution in [0.2, 0.25) is 0 Å². The zero-order valence-corrected chi connectivity index (χ0v) is 7.40. The van der Waals surface area contributed by atoms with Gasteiger partial charge >= 0.3 is 0 Å². The van der Waals surface area contributed by atoms with E-state index in [1.807, 2.05) is 19.9 Å². The van der Waals surface area contributed by atoms with E-state index in [9.17, 15) is 8.78 Å². The second-order valence-electron chi connectivity index (χ2n) is 2.93. The van der Waals surface area contributed by atoms with Crippen LogP contribution < -0.4 is 5.32 Å². The monoisotopic (exact) mass is 179 g/mol. The summed E-state index contributed by atoms with van der Waals surface area (Å²) in [5, 5.41) is 10.7. The Morgan fingerprint density at radius 3 is 2.50 bits per heavy atom. The molecule has 0 aromatic heterocycles. The molecule has 0 amide bonds. The lowest BCUT2D eigenvalue weighted by Crippen LogP contribution is -2.35. The highest BCUT2D eigenvalue weighted by Crippen LogP contribution is 2.09.